The first-order chi connectivity index (χ1) is 9.65. The van der Waals surface area contributed by atoms with Crippen molar-refractivity contribution in [3.63, 3.8) is 0 Å². The highest BCUT2D eigenvalue weighted by atomic mass is 16.5. The zero-order valence-corrected chi connectivity index (χ0v) is 12.4. The summed E-state index contributed by atoms with van der Waals surface area (Å²) in [7, 11) is 1.56. The van der Waals surface area contributed by atoms with E-state index in [9.17, 15) is 9.59 Å². The van der Waals surface area contributed by atoms with E-state index in [0.29, 0.717) is 6.04 Å². The second-order valence-corrected chi connectivity index (χ2v) is 5.65. The van der Waals surface area contributed by atoms with Crippen LogP contribution in [0.1, 0.15) is 32.6 Å². The van der Waals surface area contributed by atoms with E-state index in [2.05, 4.69) is 10.4 Å². The summed E-state index contributed by atoms with van der Waals surface area (Å²) >= 11 is 0. The van der Waals surface area contributed by atoms with Gasteiger partial charge in [-0.05, 0) is 32.6 Å². The average Bonchev–Trinajstić information content (AvgIpc) is 2.93. The summed E-state index contributed by atoms with van der Waals surface area (Å²) in [5.41, 5.74) is 3.45. The third-order valence-electron chi connectivity index (χ3n) is 4.31. The number of rotatable bonds is 5. The van der Waals surface area contributed by atoms with E-state index in [0.717, 1.165) is 51.6 Å². The number of methoxy groups -OCH3 is 1. The maximum absolute atomic E-state index is 12.0. The smallest absolute Gasteiger partial charge is 0.251 e. The minimum absolute atomic E-state index is 0.0168. The van der Waals surface area contributed by atoms with Gasteiger partial charge in [0.15, 0.2) is 0 Å². The predicted molar refractivity (Wildman–Crippen MR) is 75.0 cm³/mol. The Morgan fingerprint density at radius 1 is 1.30 bits per heavy atom. The molecule has 2 heterocycles. The summed E-state index contributed by atoms with van der Waals surface area (Å²) in [5.74, 6) is 0.0675. The van der Waals surface area contributed by atoms with Crippen LogP contribution in [0.5, 0.6) is 0 Å². The summed E-state index contributed by atoms with van der Waals surface area (Å²) in [6, 6.07) is 0.376. The molecule has 2 rings (SSSR count). The highest BCUT2D eigenvalue weighted by Gasteiger charge is 2.29. The molecule has 0 bridgehead atoms. The number of hydrazine groups is 1. The van der Waals surface area contributed by atoms with Crippen LogP contribution in [0, 0.1) is 0 Å². The summed E-state index contributed by atoms with van der Waals surface area (Å²) in [6.07, 6.45) is 4.52. The number of hydrogen-bond donors (Lipinski definition) is 1. The van der Waals surface area contributed by atoms with Crippen molar-refractivity contribution in [2.75, 3.05) is 26.7 Å². The number of hydrogen-bond acceptors (Lipinski definition) is 5. The van der Waals surface area contributed by atoms with Gasteiger partial charge in [0.1, 0.15) is 12.4 Å². The van der Waals surface area contributed by atoms with Gasteiger partial charge in [-0.1, -0.05) is 0 Å². The second-order valence-electron chi connectivity index (χ2n) is 5.65. The largest absolute Gasteiger partial charge is 0.372 e. The first-order valence-corrected chi connectivity index (χ1v) is 7.45. The van der Waals surface area contributed by atoms with Crippen molar-refractivity contribution in [3.8, 4) is 0 Å². The molecule has 0 radical (unpaired) electrons. The molecule has 2 atom stereocenters. The molecule has 114 valence electrons. The predicted octanol–water partition coefficient (Wildman–Crippen LogP) is 0.180. The molecule has 6 nitrogen and oxygen atoms in total. The highest BCUT2D eigenvalue weighted by molar-refractivity contribution is 5.80. The van der Waals surface area contributed by atoms with Gasteiger partial charge in [0.25, 0.3) is 5.91 Å². The van der Waals surface area contributed by atoms with E-state index in [1.165, 1.54) is 0 Å². The number of likely N-dealkylation sites (tertiary alicyclic amines) is 1. The molecule has 0 aromatic rings. The van der Waals surface area contributed by atoms with Gasteiger partial charge in [-0.15, -0.1) is 0 Å². The molecule has 2 fully saturated rings. The van der Waals surface area contributed by atoms with Crippen LogP contribution in [-0.2, 0) is 14.3 Å². The van der Waals surface area contributed by atoms with Gasteiger partial charge in [0, 0.05) is 32.8 Å². The van der Waals surface area contributed by atoms with Gasteiger partial charge in [0.05, 0.1) is 6.04 Å². The van der Waals surface area contributed by atoms with E-state index in [1.807, 2.05) is 4.90 Å². The number of ether oxygens (including phenoxy) is 1. The van der Waals surface area contributed by atoms with Crippen LogP contribution >= 0.6 is 0 Å². The number of carbonyl (C=O) groups excluding carboxylic acids is 2. The van der Waals surface area contributed by atoms with E-state index in [4.69, 9.17) is 4.74 Å². The van der Waals surface area contributed by atoms with Crippen molar-refractivity contribution >= 4 is 12.2 Å². The van der Waals surface area contributed by atoms with Crippen molar-refractivity contribution in [2.45, 2.75) is 50.8 Å². The van der Waals surface area contributed by atoms with Crippen molar-refractivity contribution in [2.24, 2.45) is 0 Å². The number of nitrogens with one attached hydrogen (secondary N) is 1. The molecule has 1 amide bonds. The van der Waals surface area contributed by atoms with Crippen LogP contribution in [0.25, 0.3) is 0 Å². The molecule has 1 N–H and O–H groups in total. The first-order valence-electron chi connectivity index (χ1n) is 7.45. The molecule has 1 unspecified atom stereocenters. The van der Waals surface area contributed by atoms with Crippen LogP contribution in [-0.4, -0.2) is 67.0 Å². The maximum atomic E-state index is 12.0. The lowest BCUT2D eigenvalue weighted by atomic mass is 10.1. The normalized spacial score (nSPS) is 26.7. The highest BCUT2D eigenvalue weighted by Crippen LogP contribution is 2.17. The summed E-state index contributed by atoms with van der Waals surface area (Å²) < 4.78 is 5.07. The number of carbonyl (C=O) groups is 2. The van der Waals surface area contributed by atoms with Gasteiger partial charge >= 0.3 is 0 Å². The Hall–Kier alpha value is -0.980. The Bertz CT molecular complexity index is 343. The molecule has 0 spiro atoms. The molecular weight excluding hydrogens is 258 g/mol. The van der Waals surface area contributed by atoms with Crippen molar-refractivity contribution in [1.29, 1.82) is 0 Å². The molecule has 2 aliphatic rings. The molecule has 6 heteroatoms. The van der Waals surface area contributed by atoms with Gasteiger partial charge in [-0.25, -0.2) is 5.01 Å². The van der Waals surface area contributed by atoms with Gasteiger partial charge < -0.3 is 14.4 Å². The molecule has 2 saturated heterocycles. The van der Waals surface area contributed by atoms with Gasteiger partial charge in [-0.3, -0.25) is 10.2 Å². The fourth-order valence-electron chi connectivity index (χ4n) is 2.92. The Morgan fingerprint density at radius 3 is 2.60 bits per heavy atom. The number of amides is 1. The average molecular weight is 283 g/mol. The van der Waals surface area contributed by atoms with E-state index >= 15 is 0 Å². The summed E-state index contributed by atoms with van der Waals surface area (Å²) in [4.78, 5) is 24.8. The van der Waals surface area contributed by atoms with Crippen molar-refractivity contribution in [1.82, 2.24) is 15.3 Å². The topological polar surface area (TPSA) is 61.9 Å². The van der Waals surface area contributed by atoms with Gasteiger partial charge in [-0.2, -0.15) is 0 Å². The zero-order valence-electron chi connectivity index (χ0n) is 12.4. The van der Waals surface area contributed by atoms with E-state index in [1.54, 1.807) is 14.0 Å². The lowest BCUT2D eigenvalue weighted by molar-refractivity contribution is -0.142. The molecule has 2 aliphatic heterocycles. The van der Waals surface area contributed by atoms with Gasteiger partial charge in [0.2, 0.25) is 0 Å². The summed E-state index contributed by atoms with van der Waals surface area (Å²) in [5, 5.41) is 2.06. The quantitative estimate of drug-likeness (QED) is 0.729. The van der Waals surface area contributed by atoms with Crippen LogP contribution in [0.2, 0.25) is 0 Å². The lowest BCUT2D eigenvalue weighted by Gasteiger charge is -2.36. The number of piperidine rings is 1. The van der Waals surface area contributed by atoms with Crippen molar-refractivity contribution < 1.29 is 14.3 Å². The van der Waals surface area contributed by atoms with Crippen LogP contribution < -0.4 is 5.43 Å². The molecule has 0 aromatic carbocycles. The SMILES string of the molecule is COC(C)C(=O)N1CCC(NN2CCC[C@H]2C=O)CC1. The van der Waals surface area contributed by atoms with E-state index < -0.39 is 0 Å². The fraction of sp³-hybridized carbons (Fsp3) is 0.857. The van der Waals surface area contributed by atoms with Crippen LogP contribution in [0.3, 0.4) is 0 Å². The van der Waals surface area contributed by atoms with Crippen LogP contribution in [0.4, 0.5) is 0 Å². The first kappa shape index (κ1) is 15.4. The monoisotopic (exact) mass is 283 g/mol. The lowest BCUT2D eigenvalue weighted by Crippen LogP contribution is -2.53. The third-order valence-corrected chi connectivity index (χ3v) is 4.31. The Morgan fingerprint density at radius 2 is 2.00 bits per heavy atom. The number of nitrogens with zero attached hydrogens (tertiary/aromatic N) is 2. The molecular formula is C14H25N3O3. The van der Waals surface area contributed by atoms with Crippen molar-refractivity contribution in [3.05, 3.63) is 0 Å². The summed E-state index contributed by atoms with van der Waals surface area (Å²) in [6.45, 7) is 4.22. The minimum Gasteiger partial charge on any atom is -0.372 e. The molecule has 0 aliphatic carbocycles. The van der Waals surface area contributed by atoms with E-state index in [-0.39, 0.29) is 18.1 Å². The Labute approximate surface area is 120 Å². The third kappa shape index (κ3) is 3.56. The Kier molecular flexibility index (Phi) is 5.51. The molecule has 0 aromatic heterocycles. The standard InChI is InChI=1S/C14H25N3O3/c1-11(20-2)14(19)16-8-5-12(6-9-16)15-17-7-3-4-13(17)10-18/h10-13,15H,3-9H2,1-2H3/t11?,13-/m0/s1. The van der Waals surface area contributed by atoms with Crippen LogP contribution in [0.15, 0.2) is 0 Å². The molecule has 20 heavy (non-hydrogen) atoms. The molecule has 0 saturated carbocycles. The Balaban J connectivity index is 1.77. The second kappa shape index (κ2) is 7.15. The number of aldehydes is 1. The zero-order chi connectivity index (χ0) is 14.5. The maximum Gasteiger partial charge on any atom is 0.251 e. The minimum atomic E-state index is -0.363. The fourth-order valence-corrected chi connectivity index (χ4v) is 2.92.